The lowest BCUT2D eigenvalue weighted by Gasteiger charge is -2.21. The monoisotopic (exact) mass is 306 g/mol. The smallest absolute Gasteiger partial charge is 0.356 e. The van der Waals surface area contributed by atoms with E-state index in [1.165, 1.54) is 13.0 Å². The number of nitrogens with zero attached hydrogens (tertiary/aromatic N) is 1. The first-order valence-electron chi connectivity index (χ1n) is 5.13. The average Bonchev–Trinajstić information content (AvgIpc) is 2.25. The number of hydrogen-bond donors (Lipinski definition) is 1. The van der Waals surface area contributed by atoms with Crippen LogP contribution in [0.2, 0.25) is 0 Å². The largest absolute Gasteiger partial charge is 0.416 e. The van der Waals surface area contributed by atoms with E-state index < -0.39 is 42.9 Å². The van der Waals surface area contributed by atoms with Crippen LogP contribution >= 0.6 is 0 Å². The van der Waals surface area contributed by atoms with Gasteiger partial charge in [0.25, 0.3) is 0 Å². The topological polar surface area (TPSA) is 70.0 Å². The molecule has 0 aliphatic carbocycles. The van der Waals surface area contributed by atoms with Crippen LogP contribution in [0.15, 0.2) is 27.6 Å². The molecule has 0 amide bonds. The summed E-state index contributed by atoms with van der Waals surface area (Å²) in [5.74, 6) is -1.55. The summed E-state index contributed by atoms with van der Waals surface area (Å²) in [7, 11) is -4.46. The molecular formula is C11H6F4N2O2S. The summed E-state index contributed by atoms with van der Waals surface area (Å²) in [6.45, 7) is 1.21. The minimum Gasteiger partial charge on any atom is -0.356 e. The van der Waals surface area contributed by atoms with Crippen molar-refractivity contribution >= 4 is 15.5 Å². The molecule has 0 spiro atoms. The van der Waals surface area contributed by atoms with Crippen molar-refractivity contribution in [2.45, 2.75) is 18.0 Å². The number of fused-ring (bicyclic) bond motifs is 1. The van der Waals surface area contributed by atoms with Crippen LogP contribution in [0.1, 0.15) is 12.5 Å². The van der Waals surface area contributed by atoms with Gasteiger partial charge in [0.1, 0.15) is 16.8 Å². The van der Waals surface area contributed by atoms with Gasteiger partial charge in [-0.3, -0.25) is 0 Å². The molecule has 1 N–H and O–H groups in total. The van der Waals surface area contributed by atoms with E-state index in [0.29, 0.717) is 6.07 Å². The van der Waals surface area contributed by atoms with Crippen LogP contribution in [-0.2, 0) is 16.0 Å². The highest BCUT2D eigenvalue weighted by atomic mass is 32.2. The second kappa shape index (κ2) is 4.21. The highest BCUT2D eigenvalue weighted by Gasteiger charge is 2.38. The molecule has 20 heavy (non-hydrogen) atoms. The fraction of sp³-hybridized carbons (Fsp3) is 0.182. The van der Waals surface area contributed by atoms with Gasteiger partial charge >= 0.3 is 6.18 Å². The lowest BCUT2D eigenvalue weighted by Crippen LogP contribution is -2.20. The molecular weight excluding hydrogens is 300 g/mol. The van der Waals surface area contributed by atoms with Crippen molar-refractivity contribution in [3.05, 3.63) is 34.1 Å². The molecule has 0 saturated heterocycles. The highest BCUT2D eigenvalue weighted by molar-refractivity contribution is 7.95. The molecule has 1 heterocycles. The van der Waals surface area contributed by atoms with Crippen molar-refractivity contribution in [1.82, 2.24) is 0 Å². The summed E-state index contributed by atoms with van der Waals surface area (Å²) in [5.41, 5.74) is -2.00. The van der Waals surface area contributed by atoms with Crippen LogP contribution in [0.5, 0.6) is 0 Å². The molecule has 0 atom stereocenters. The van der Waals surface area contributed by atoms with Gasteiger partial charge in [-0.2, -0.15) is 18.4 Å². The first kappa shape index (κ1) is 14.3. The minimum absolute atomic E-state index is 0.0910. The summed E-state index contributed by atoms with van der Waals surface area (Å²) < 4.78 is 75.4. The number of benzene rings is 1. The quantitative estimate of drug-likeness (QED) is 0.748. The maximum absolute atomic E-state index is 13.7. The molecule has 0 fully saturated rings. The van der Waals surface area contributed by atoms with Crippen LogP contribution < -0.4 is 5.32 Å². The van der Waals surface area contributed by atoms with E-state index in [1.807, 2.05) is 0 Å². The number of anilines is 1. The van der Waals surface area contributed by atoms with Crippen molar-refractivity contribution in [3.63, 3.8) is 0 Å². The molecule has 4 nitrogen and oxygen atoms in total. The molecule has 106 valence electrons. The van der Waals surface area contributed by atoms with E-state index in [1.54, 1.807) is 0 Å². The number of hydrogen-bond acceptors (Lipinski definition) is 4. The molecule has 1 aliphatic heterocycles. The normalized spacial score (nSPS) is 17.2. The minimum atomic E-state index is -4.81. The third-order valence-corrected chi connectivity index (χ3v) is 4.56. The van der Waals surface area contributed by atoms with Crippen LogP contribution in [0.4, 0.5) is 23.2 Å². The van der Waals surface area contributed by atoms with Gasteiger partial charge in [0.2, 0.25) is 9.84 Å². The van der Waals surface area contributed by atoms with E-state index in [2.05, 4.69) is 5.32 Å². The average molecular weight is 306 g/mol. The van der Waals surface area contributed by atoms with Gasteiger partial charge in [-0.15, -0.1) is 0 Å². The first-order chi connectivity index (χ1) is 9.09. The van der Waals surface area contributed by atoms with Crippen LogP contribution in [0.3, 0.4) is 0 Å². The van der Waals surface area contributed by atoms with E-state index in [0.717, 1.165) is 0 Å². The Labute approximate surface area is 111 Å². The van der Waals surface area contributed by atoms with Gasteiger partial charge in [0, 0.05) is 5.70 Å². The lowest BCUT2D eigenvalue weighted by molar-refractivity contribution is -0.137. The van der Waals surface area contributed by atoms with Crippen molar-refractivity contribution < 1.29 is 26.0 Å². The zero-order valence-electron chi connectivity index (χ0n) is 9.84. The molecule has 0 saturated carbocycles. The van der Waals surface area contributed by atoms with E-state index >= 15 is 0 Å². The predicted octanol–water partition coefficient (Wildman–Crippen LogP) is 2.80. The van der Waals surface area contributed by atoms with Gasteiger partial charge in [0.15, 0.2) is 4.91 Å². The highest BCUT2D eigenvalue weighted by Crippen LogP contribution is 2.40. The summed E-state index contributed by atoms with van der Waals surface area (Å²) in [5, 5.41) is 11.1. The molecule has 9 heteroatoms. The summed E-state index contributed by atoms with van der Waals surface area (Å²) in [4.78, 5) is -1.67. The third-order valence-electron chi connectivity index (χ3n) is 2.67. The van der Waals surface area contributed by atoms with Crippen molar-refractivity contribution in [2.24, 2.45) is 0 Å². The molecule has 0 aromatic heterocycles. The molecule has 0 bridgehead atoms. The SMILES string of the molecule is CC1=C(C#N)S(=O)(=O)c2c(F)cc(C(F)(F)F)cc2N1. The van der Waals surface area contributed by atoms with E-state index in [9.17, 15) is 26.0 Å². The molecule has 0 unspecified atom stereocenters. The number of alkyl halides is 3. The molecule has 1 aromatic rings. The number of nitriles is 1. The summed E-state index contributed by atoms with van der Waals surface area (Å²) in [6.07, 6.45) is -4.81. The van der Waals surface area contributed by atoms with Gasteiger partial charge in [-0.1, -0.05) is 0 Å². The number of halogens is 4. The van der Waals surface area contributed by atoms with E-state index in [4.69, 9.17) is 5.26 Å². The van der Waals surface area contributed by atoms with Crippen LogP contribution in [-0.4, -0.2) is 8.42 Å². The Morgan fingerprint density at radius 2 is 1.90 bits per heavy atom. The Balaban J connectivity index is 2.80. The van der Waals surface area contributed by atoms with Gasteiger partial charge in [-0.25, -0.2) is 12.8 Å². The fourth-order valence-electron chi connectivity index (χ4n) is 1.83. The third kappa shape index (κ3) is 2.02. The number of rotatable bonds is 0. The Morgan fingerprint density at radius 1 is 1.30 bits per heavy atom. The number of sulfone groups is 1. The number of nitrogens with one attached hydrogen (secondary N) is 1. The fourth-order valence-corrected chi connectivity index (χ4v) is 3.32. The van der Waals surface area contributed by atoms with Crippen LogP contribution in [0.25, 0.3) is 0 Å². The zero-order chi connectivity index (χ0) is 15.3. The summed E-state index contributed by atoms with van der Waals surface area (Å²) in [6, 6.07) is 1.98. The van der Waals surface area contributed by atoms with Gasteiger partial charge in [0.05, 0.1) is 11.3 Å². The van der Waals surface area contributed by atoms with E-state index in [-0.39, 0.29) is 11.8 Å². The molecule has 0 radical (unpaired) electrons. The van der Waals surface area contributed by atoms with Gasteiger partial charge in [-0.05, 0) is 19.1 Å². The second-order valence-electron chi connectivity index (χ2n) is 4.03. The predicted molar refractivity (Wildman–Crippen MR) is 60.5 cm³/mol. The Hall–Kier alpha value is -2.08. The Bertz CT molecular complexity index is 773. The maximum atomic E-state index is 13.7. The van der Waals surface area contributed by atoms with Crippen molar-refractivity contribution in [2.75, 3.05) is 5.32 Å². The molecule has 1 aliphatic rings. The second-order valence-corrected chi connectivity index (χ2v) is 5.85. The van der Waals surface area contributed by atoms with Crippen molar-refractivity contribution in [3.8, 4) is 6.07 Å². The van der Waals surface area contributed by atoms with Gasteiger partial charge < -0.3 is 5.32 Å². The van der Waals surface area contributed by atoms with Crippen molar-refractivity contribution in [1.29, 1.82) is 5.26 Å². The summed E-state index contributed by atoms with van der Waals surface area (Å²) >= 11 is 0. The first-order valence-corrected chi connectivity index (χ1v) is 6.61. The lowest BCUT2D eigenvalue weighted by atomic mass is 10.1. The zero-order valence-corrected chi connectivity index (χ0v) is 10.7. The maximum Gasteiger partial charge on any atom is 0.416 e. The Morgan fingerprint density at radius 3 is 2.40 bits per heavy atom. The van der Waals surface area contributed by atoms with Crippen LogP contribution in [0, 0.1) is 17.1 Å². The standard InChI is InChI=1S/C11H6F4N2O2S/c1-5-9(4-16)20(18,19)10-7(12)2-6(11(13,14)15)3-8(10)17-5/h2-3,17H,1H3. The molecule has 2 rings (SSSR count). The number of allylic oxidation sites excluding steroid dienone is 2. The molecule has 1 aromatic carbocycles. The Kier molecular flexibility index (Phi) is 3.02.